The van der Waals surface area contributed by atoms with Gasteiger partial charge in [0.15, 0.2) is 0 Å². The van der Waals surface area contributed by atoms with E-state index in [1.54, 1.807) is 0 Å². The zero-order chi connectivity index (χ0) is 7.68. The van der Waals surface area contributed by atoms with Gasteiger partial charge < -0.3 is 10.1 Å². The minimum absolute atomic E-state index is 0.116. The van der Waals surface area contributed by atoms with Gasteiger partial charge in [-0.05, 0) is 12.1 Å². The van der Waals surface area contributed by atoms with E-state index in [9.17, 15) is 0 Å². The standard InChI is InChI=1S/C8H9NOS/c11-8-5-10-7-4-2-1-3-6(7)9-8/h1-4,8-9,11H,5H2. The molecule has 0 fully saturated rings. The molecule has 58 valence electrons. The number of rotatable bonds is 0. The van der Waals surface area contributed by atoms with Crippen LogP contribution in [0.4, 0.5) is 5.69 Å². The molecular formula is C8H9NOS. The highest BCUT2D eigenvalue weighted by atomic mass is 32.1. The van der Waals surface area contributed by atoms with Crippen LogP contribution in [-0.2, 0) is 0 Å². The highest BCUT2D eigenvalue weighted by molar-refractivity contribution is 7.81. The van der Waals surface area contributed by atoms with E-state index in [1.165, 1.54) is 0 Å². The van der Waals surface area contributed by atoms with Crippen LogP contribution < -0.4 is 10.1 Å². The smallest absolute Gasteiger partial charge is 0.142 e. The largest absolute Gasteiger partial charge is 0.488 e. The maximum absolute atomic E-state index is 5.40. The van der Waals surface area contributed by atoms with Crippen molar-refractivity contribution in [2.45, 2.75) is 5.37 Å². The lowest BCUT2D eigenvalue weighted by atomic mass is 10.2. The highest BCUT2D eigenvalue weighted by Crippen LogP contribution is 2.28. The molecule has 1 aromatic rings. The second-order valence-electron chi connectivity index (χ2n) is 2.47. The van der Waals surface area contributed by atoms with Gasteiger partial charge in [0.25, 0.3) is 0 Å². The Hall–Kier alpha value is -0.830. The average molecular weight is 167 g/mol. The van der Waals surface area contributed by atoms with Crippen molar-refractivity contribution in [2.75, 3.05) is 11.9 Å². The maximum atomic E-state index is 5.40. The van der Waals surface area contributed by atoms with E-state index in [1.807, 2.05) is 24.3 Å². The number of para-hydroxylation sites is 2. The third kappa shape index (κ3) is 1.28. The molecule has 0 bridgehead atoms. The summed E-state index contributed by atoms with van der Waals surface area (Å²) in [6.45, 7) is 0.625. The molecule has 1 aromatic carbocycles. The summed E-state index contributed by atoms with van der Waals surface area (Å²) in [5.41, 5.74) is 1.03. The first-order valence-electron chi connectivity index (χ1n) is 3.53. The number of benzene rings is 1. The predicted molar refractivity (Wildman–Crippen MR) is 48.3 cm³/mol. The van der Waals surface area contributed by atoms with Crippen LogP contribution in [0.3, 0.4) is 0 Å². The molecule has 1 unspecified atom stereocenters. The van der Waals surface area contributed by atoms with Crippen molar-refractivity contribution >= 4 is 18.3 Å². The van der Waals surface area contributed by atoms with Gasteiger partial charge in [-0.2, -0.15) is 12.6 Å². The molecule has 3 heteroatoms. The van der Waals surface area contributed by atoms with E-state index in [2.05, 4.69) is 17.9 Å². The van der Waals surface area contributed by atoms with Gasteiger partial charge in [-0.15, -0.1) is 0 Å². The molecule has 0 spiro atoms. The van der Waals surface area contributed by atoms with Crippen molar-refractivity contribution in [3.63, 3.8) is 0 Å². The summed E-state index contributed by atoms with van der Waals surface area (Å²) < 4.78 is 5.40. The summed E-state index contributed by atoms with van der Waals surface area (Å²) >= 11 is 4.25. The lowest BCUT2D eigenvalue weighted by Crippen LogP contribution is -2.25. The van der Waals surface area contributed by atoms with Gasteiger partial charge in [0.1, 0.15) is 17.7 Å². The van der Waals surface area contributed by atoms with Crippen molar-refractivity contribution < 1.29 is 4.74 Å². The number of fused-ring (bicyclic) bond motifs is 1. The number of nitrogens with one attached hydrogen (secondary N) is 1. The second-order valence-corrected chi connectivity index (χ2v) is 3.09. The second kappa shape index (κ2) is 2.66. The molecule has 0 saturated carbocycles. The first-order valence-corrected chi connectivity index (χ1v) is 4.04. The molecule has 0 amide bonds. The van der Waals surface area contributed by atoms with Gasteiger partial charge in [0.05, 0.1) is 5.69 Å². The van der Waals surface area contributed by atoms with Gasteiger partial charge in [-0.3, -0.25) is 0 Å². The fourth-order valence-electron chi connectivity index (χ4n) is 1.10. The molecule has 1 aliphatic heterocycles. The molecule has 0 aromatic heterocycles. The lowest BCUT2D eigenvalue weighted by Gasteiger charge is -2.23. The van der Waals surface area contributed by atoms with Gasteiger partial charge in [-0.25, -0.2) is 0 Å². The topological polar surface area (TPSA) is 21.3 Å². The van der Waals surface area contributed by atoms with Crippen LogP contribution in [0.25, 0.3) is 0 Å². The van der Waals surface area contributed by atoms with E-state index in [4.69, 9.17) is 4.74 Å². The van der Waals surface area contributed by atoms with E-state index in [0.29, 0.717) is 6.61 Å². The maximum Gasteiger partial charge on any atom is 0.142 e. The quantitative estimate of drug-likeness (QED) is 0.574. The molecule has 2 rings (SSSR count). The Kier molecular flexibility index (Phi) is 1.66. The van der Waals surface area contributed by atoms with Gasteiger partial charge >= 0.3 is 0 Å². The number of ether oxygens (including phenoxy) is 1. The minimum Gasteiger partial charge on any atom is -0.488 e. The van der Waals surface area contributed by atoms with Crippen LogP contribution in [-0.4, -0.2) is 12.0 Å². The first-order chi connectivity index (χ1) is 5.36. The summed E-state index contributed by atoms with van der Waals surface area (Å²) in [6.07, 6.45) is 0. The molecule has 0 radical (unpaired) electrons. The van der Waals surface area contributed by atoms with Crippen LogP contribution in [0.15, 0.2) is 24.3 Å². The van der Waals surface area contributed by atoms with Crippen molar-refractivity contribution in [1.29, 1.82) is 0 Å². The van der Waals surface area contributed by atoms with Crippen LogP contribution in [0.5, 0.6) is 5.75 Å². The number of hydrogen-bond acceptors (Lipinski definition) is 3. The number of anilines is 1. The van der Waals surface area contributed by atoms with Crippen molar-refractivity contribution in [3.05, 3.63) is 24.3 Å². The van der Waals surface area contributed by atoms with E-state index in [0.717, 1.165) is 11.4 Å². The van der Waals surface area contributed by atoms with Crippen LogP contribution in [0, 0.1) is 0 Å². The Morgan fingerprint density at radius 3 is 3.18 bits per heavy atom. The molecule has 1 N–H and O–H groups in total. The zero-order valence-electron chi connectivity index (χ0n) is 5.95. The van der Waals surface area contributed by atoms with E-state index < -0.39 is 0 Å². The monoisotopic (exact) mass is 167 g/mol. The van der Waals surface area contributed by atoms with Crippen molar-refractivity contribution in [3.8, 4) is 5.75 Å². The predicted octanol–water partition coefficient (Wildman–Crippen LogP) is 1.75. The fraction of sp³-hybridized carbons (Fsp3) is 0.250. The molecule has 2 nitrogen and oxygen atoms in total. The Balaban J connectivity index is 2.34. The Morgan fingerprint density at radius 2 is 2.27 bits per heavy atom. The molecule has 1 heterocycles. The van der Waals surface area contributed by atoms with E-state index in [-0.39, 0.29) is 5.37 Å². The minimum atomic E-state index is 0.116. The lowest BCUT2D eigenvalue weighted by molar-refractivity contribution is 0.314. The third-order valence-corrected chi connectivity index (χ3v) is 1.88. The van der Waals surface area contributed by atoms with Crippen LogP contribution in [0.1, 0.15) is 0 Å². The summed E-state index contributed by atoms with van der Waals surface area (Å²) in [6, 6.07) is 7.86. The summed E-state index contributed by atoms with van der Waals surface area (Å²) in [5.74, 6) is 0.915. The van der Waals surface area contributed by atoms with E-state index >= 15 is 0 Å². The van der Waals surface area contributed by atoms with Gasteiger partial charge in [-0.1, -0.05) is 12.1 Å². The van der Waals surface area contributed by atoms with Crippen molar-refractivity contribution in [2.24, 2.45) is 0 Å². The first kappa shape index (κ1) is 6.85. The van der Waals surface area contributed by atoms with Crippen LogP contribution in [0.2, 0.25) is 0 Å². The van der Waals surface area contributed by atoms with Gasteiger partial charge in [0.2, 0.25) is 0 Å². The summed E-state index contributed by atoms with van der Waals surface area (Å²) in [4.78, 5) is 0. The third-order valence-electron chi connectivity index (χ3n) is 1.61. The molecule has 1 aliphatic rings. The molecule has 11 heavy (non-hydrogen) atoms. The summed E-state index contributed by atoms with van der Waals surface area (Å²) in [7, 11) is 0. The molecule has 0 saturated heterocycles. The van der Waals surface area contributed by atoms with Gasteiger partial charge in [0, 0.05) is 0 Å². The number of thiol groups is 1. The fourth-order valence-corrected chi connectivity index (χ4v) is 1.32. The average Bonchev–Trinajstić information content (AvgIpc) is 2.04. The van der Waals surface area contributed by atoms with Crippen molar-refractivity contribution in [1.82, 2.24) is 0 Å². The highest BCUT2D eigenvalue weighted by Gasteiger charge is 2.13. The SMILES string of the molecule is SC1COc2ccccc2N1. The number of hydrogen-bond donors (Lipinski definition) is 2. The molecule has 1 atom stereocenters. The normalized spacial score (nSPS) is 21.4. The zero-order valence-corrected chi connectivity index (χ0v) is 6.84. The Bertz CT molecular complexity index is 264. The Morgan fingerprint density at radius 1 is 1.45 bits per heavy atom. The van der Waals surface area contributed by atoms with Crippen LogP contribution >= 0.6 is 12.6 Å². The molecule has 0 aliphatic carbocycles. The molecular weight excluding hydrogens is 158 g/mol. The summed E-state index contributed by atoms with van der Waals surface area (Å²) in [5, 5.41) is 3.31. The Labute approximate surface area is 71.0 Å².